The fourth-order valence-corrected chi connectivity index (χ4v) is 8.76. The number of unbranched alkanes of at least 4 members (excludes halogenated alkanes) is 35. The monoisotopic (exact) mass is 926 g/mol. The van der Waals surface area contributed by atoms with E-state index in [9.17, 15) is 24.2 Å². The van der Waals surface area contributed by atoms with Crippen molar-refractivity contribution in [1.82, 2.24) is 5.32 Å². The quantitative estimate of drug-likeness (QED) is 0.0238. The molecule has 0 fully saturated rings. The largest absolute Gasteiger partial charge is 0.472 e. The van der Waals surface area contributed by atoms with Crippen molar-refractivity contribution in [1.29, 1.82) is 0 Å². The SMILES string of the molecule is CCCCC/C=C\C/C=C\CCCCCCCCCCCCCC(=O)OCC(O)COP(=O)(O)OCCNC(=O)CCCCCCCCCCCCCCCCCCCCCCCC. The third-order valence-corrected chi connectivity index (χ3v) is 13.1. The molecule has 0 saturated heterocycles. The number of nitrogens with one attached hydrogen (secondary N) is 1. The van der Waals surface area contributed by atoms with E-state index in [1.54, 1.807) is 0 Å². The highest BCUT2D eigenvalue weighted by Crippen LogP contribution is 2.42. The molecule has 1 amide bonds. The first-order valence-electron chi connectivity index (χ1n) is 27.3. The Kier molecular flexibility index (Phi) is 49.7. The highest BCUT2D eigenvalue weighted by molar-refractivity contribution is 7.47. The van der Waals surface area contributed by atoms with Crippen LogP contribution in [0.25, 0.3) is 0 Å². The molecule has 0 aromatic carbocycles. The molecule has 64 heavy (non-hydrogen) atoms. The molecule has 0 aliphatic carbocycles. The predicted octanol–water partition coefficient (Wildman–Crippen LogP) is 16.3. The normalized spacial score (nSPS) is 13.2. The Morgan fingerprint density at radius 2 is 0.844 bits per heavy atom. The minimum atomic E-state index is -4.42. The number of carbonyl (C=O) groups is 2. The van der Waals surface area contributed by atoms with Crippen molar-refractivity contribution >= 4 is 19.7 Å². The third-order valence-electron chi connectivity index (χ3n) is 12.1. The molecule has 2 atom stereocenters. The lowest BCUT2D eigenvalue weighted by Gasteiger charge is -2.15. The summed E-state index contributed by atoms with van der Waals surface area (Å²) in [5.41, 5.74) is 0. The molecule has 0 aliphatic rings. The fourth-order valence-electron chi connectivity index (χ4n) is 8.00. The summed E-state index contributed by atoms with van der Waals surface area (Å²) in [6, 6.07) is 0. The van der Waals surface area contributed by atoms with Crippen LogP contribution in [0.2, 0.25) is 0 Å². The van der Waals surface area contributed by atoms with Gasteiger partial charge in [-0.25, -0.2) is 4.57 Å². The van der Waals surface area contributed by atoms with Crippen LogP contribution in [0.15, 0.2) is 24.3 Å². The van der Waals surface area contributed by atoms with Crippen LogP contribution in [0, 0.1) is 0 Å². The predicted molar refractivity (Wildman–Crippen MR) is 271 cm³/mol. The van der Waals surface area contributed by atoms with E-state index in [1.165, 1.54) is 205 Å². The van der Waals surface area contributed by atoms with Crippen LogP contribution >= 0.6 is 7.82 Å². The number of aliphatic hydroxyl groups excluding tert-OH is 1. The van der Waals surface area contributed by atoms with Gasteiger partial charge in [0.25, 0.3) is 0 Å². The van der Waals surface area contributed by atoms with Gasteiger partial charge in [0.05, 0.1) is 13.2 Å². The lowest BCUT2D eigenvalue weighted by atomic mass is 10.0. The van der Waals surface area contributed by atoms with Gasteiger partial charge >= 0.3 is 13.8 Å². The van der Waals surface area contributed by atoms with Gasteiger partial charge in [0.15, 0.2) is 0 Å². The second kappa shape index (κ2) is 50.9. The van der Waals surface area contributed by atoms with Gasteiger partial charge in [-0.1, -0.05) is 244 Å². The van der Waals surface area contributed by atoms with Gasteiger partial charge in [-0.2, -0.15) is 0 Å². The van der Waals surface area contributed by atoms with Gasteiger partial charge in [0, 0.05) is 19.4 Å². The van der Waals surface area contributed by atoms with E-state index in [2.05, 4.69) is 43.5 Å². The van der Waals surface area contributed by atoms with Crippen molar-refractivity contribution in [3.63, 3.8) is 0 Å². The molecular weight excluding hydrogens is 822 g/mol. The zero-order chi connectivity index (χ0) is 46.7. The Labute approximate surface area is 395 Å². The summed E-state index contributed by atoms with van der Waals surface area (Å²) >= 11 is 0. The molecule has 10 heteroatoms. The Hall–Kier alpha value is -1.51. The van der Waals surface area contributed by atoms with Crippen LogP contribution in [-0.2, 0) is 27.9 Å². The van der Waals surface area contributed by atoms with Crippen LogP contribution < -0.4 is 5.32 Å². The number of phosphoric ester groups is 1. The molecule has 0 radical (unpaired) electrons. The highest BCUT2D eigenvalue weighted by atomic mass is 31.2. The van der Waals surface area contributed by atoms with Gasteiger partial charge in [0.1, 0.15) is 12.7 Å². The minimum absolute atomic E-state index is 0.0861. The topological polar surface area (TPSA) is 131 Å². The Morgan fingerprint density at radius 3 is 1.28 bits per heavy atom. The van der Waals surface area contributed by atoms with Crippen LogP contribution in [0.1, 0.15) is 277 Å². The summed E-state index contributed by atoms with van der Waals surface area (Å²) < 4.78 is 27.0. The summed E-state index contributed by atoms with van der Waals surface area (Å²) in [4.78, 5) is 34.1. The molecule has 0 aromatic rings. The van der Waals surface area contributed by atoms with E-state index in [0.717, 1.165) is 44.9 Å². The van der Waals surface area contributed by atoms with Gasteiger partial charge in [-0.05, 0) is 44.9 Å². The number of phosphoric acid groups is 1. The average Bonchev–Trinajstić information content (AvgIpc) is 3.28. The number of amides is 1. The molecule has 3 N–H and O–H groups in total. The van der Waals surface area contributed by atoms with Crippen molar-refractivity contribution in [3.05, 3.63) is 24.3 Å². The van der Waals surface area contributed by atoms with Gasteiger partial charge in [0.2, 0.25) is 5.91 Å². The third kappa shape index (κ3) is 51.5. The van der Waals surface area contributed by atoms with Crippen LogP contribution in [0.4, 0.5) is 0 Å². The first-order valence-corrected chi connectivity index (χ1v) is 28.8. The number of hydrogen-bond donors (Lipinski definition) is 3. The van der Waals surface area contributed by atoms with Crippen molar-refractivity contribution < 1.29 is 37.9 Å². The van der Waals surface area contributed by atoms with E-state index >= 15 is 0 Å². The zero-order valence-electron chi connectivity index (χ0n) is 42.0. The maximum absolute atomic E-state index is 12.2. The summed E-state index contributed by atoms with van der Waals surface area (Å²) in [7, 11) is -4.42. The molecular formula is C54H104NO8P. The molecule has 9 nitrogen and oxygen atoms in total. The van der Waals surface area contributed by atoms with E-state index in [-0.39, 0.29) is 32.1 Å². The number of aliphatic hydroxyl groups is 1. The average molecular weight is 926 g/mol. The van der Waals surface area contributed by atoms with Gasteiger partial charge in [-0.15, -0.1) is 0 Å². The van der Waals surface area contributed by atoms with Crippen molar-refractivity contribution in [2.24, 2.45) is 0 Å². The molecule has 0 spiro atoms. The maximum atomic E-state index is 12.2. The summed E-state index contributed by atoms with van der Waals surface area (Å²) in [6.07, 6.45) is 58.4. The molecule has 0 aromatic heterocycles. The Morgan fingerprint density at radius 1 is 0.484 bits per heavy atom. The Balaban J connectivity index is 3.51. The number of carbonyl (C=O) groups excluding carboxylic acids is 2. The van der Waals surface area contributed by atoms with Crippen LogP contribution in [0.3, 0.4) is 0 Å². The molecule has 2 unspecified atom stereocenters. The Bertz CT molecular complexity index is 1100. The number of hydrogen-bond acceptors (Lipinski definition) is 7. The molecule has 0 heterocycles. The van der Waals surface area contributed by atoms with E-state index < -0.39 is 26.5 Å². The second-order valence-electron chi connectivity index (χ2n) is 18.6. The highest BCUT2D eigenvalue weighted by Gasteiger charge is 2.23. The first kappa shape index (κ1) is 62.5. The van der Waals surface area contributed by atoms with Crippen LogP contribution in [-0.4, -0.2) is 54.3 Å². The number of rotatable bonds is 52. The molecule has 0 saturated carbocycles. The van der Waals surface area contributed by atoms with Gasteiger partial charge in [-0.3, -0.25) is 18.6 Å². The van der Waals surface area contributed by atoms with E-state index in [1.807, 2.05) is 0 Å². The lowest BCUT2D eigenvalue weighted by Crippen LogP contribution is -2.27. The second-order valence-corrected chi connectivity index (χ2v) is 20.0. The molecule has 0 rings (SSSR count). The first-order chi connectivity index (χ1) is 31.3. The number of esters is 1. The zero-order valence-corrected chi connectivity index (χ0v) is 42.9. The van der Waals surface area contributed by atoms with Crippen molar-refractivity contribution in [2.45, 2.75) is 283 Å². The van der Waals surface area contributed by atoms with E-state index in [4.69, 9.17) is 13.8 Å². The molecule has 0 aliphatic heterocycles. The molecule has 378 valence electrons. The number of ether oxygens (including phenoxy) is 1. The fraction of sp³-hybridized carbons (Fsp3) is 0.889. The summed E-state index contributed by atoms with van der Waals surface area (Å²) in [6.45, 7) is 3.59. The van der Waals surface area contributed by atoms with Crippen molar-refractivity contribution in [2.75, 3.05) is 26.4 Å². The number of allylic oxidation sites excluding steroid dienone is 4. The standard InChI is InChI=1S/C54H104NO8P/c1-3-5-7-9-11-13-15-17-19-21-23-25-27-28-30-32-34-36-38-40-42-44-46-53(57)55-48-49-62-64(59,60)63-51-52(56)50-61-54(58)47-45-43-41-39-37-35-33-31-29-26-24-22-20-18-16-14-12-10-8-6-4-2/h12,14,18,20,52,56H,3-11,13,15-17,19,21-51H2,1-2H3,(H,55,57)(H,59,60)/b14-12-,20-18-. The summed E-state index contributed by atoms with van der Waals surface area (Å²) in [5.74, 6) is -0.505. The van der Waals surface area contributed by atoms with Crippen molar-refractivity contribution in [3.8, 4) is 0 Å². The molecule has 0 bridgehead atoms. The minimum Gasteiger partial charge on any atom is -0.463 e. The van der Waals surface area contributed by atoms with Gasteiger partial charge < -0.3 is 20.1 Å². The summed E-state index contributed by atoms with van der Waals surface area (Å²) in [5, 5.41) is 12.8. The van der Waals surface area contributed by atoms with Crippen LogP contribution in [0.5, 0.6) is 0 Å². The maximum Gasteiger partial charge on any atom is 0.472 e. The smallest absolute Gasteiger partial charge is 0.463 e. The lowest BCUT2D eigenvalue weighted by molar-refractivity contribution is -0.147. The van der Waals surface area contributed by atoms with E-state index in [0.29, 0.717) is 6.42 Å².